The Hall–Kier alpha value is -4.40. The highest BCUT2D eigenvalue weighted by atomic mass is 19.1. The molecule has 0 saturated carbocycles. The molecular formula is C28H21F4N3O2. The van der Waals surface area contributed by atoms with Crippen LogP contribution >= 0.6 is 0 Å². The highest BCUT2D eigenvalue weighted by molar-refractivity contribution is 5.82. The number of carbonyl (C=O) groups is 1. The third kappa shape index (κ3) is 4.72. The lowest BCUT2D eigenvalue weighted by Crippen LogP contribution is -2.00. The van der Waals surface area contributed by atoms with Crippen LogP contribution < -0.4 is 4.74 Å². The summed E-state index contributed by atoms with van der Waals surface area (Å²) in [6.07, 6.45) is 2.88. The minimum Gasteiger partial charge on any atom is -0.451 e. The standard InChI is InChI=1S/C28H21F4N3O2/c1-15-23(12-17-5-2-4-16(25(17)31)6-3-11-36)35-28(34-15)20-13-18(7-8-21(20)29)37-27-22(30)14-24-19(26(27)32)9-10-33-24/h2,4-5,7-11,13-14,33H,3,6,12H2,1H3,(H,34,35). The molecule has 0 aliphatic heterocycles. The molecule has 9 heteroatoms. The molecule has 0 unspecified atom stereocenters. The van der Waals surface area contributed by atoms with Crippen LogP contribution in [0.25, 0.3) is 22.3 Å². The Bertz CT molecular complexity index is 1620. The van der Waals surface area contributed by atoms with Gasteiger partial charge in [0.15, 0.2) is 17.4 Å². The smallest absolute Gasteiger partial charge is 0.199 e. The number of imidazole rings is 1. The number of nitrogens with one attached hydrogen (secondary N) is 2. The van der Waals surface area contributed by atoms with E-state index in [0.29, 0.717) is 28.9 Å². The zero-order chi connectivity index (χ0) is 26.1. The fourth-order valence-electron chi connectivity index (χ4n) is 4.23. The Morgan fingerprint density at radius 1 is 0.973 bits per heavy atom. The van der Waals surface area contributed by atoms with Crippen LogP contribution in [-0.2, 0) is 17.6 Å². The number of hydrogen-bond acceptors (Lipinski definition) is 3. The number of hydrogen-bond donors (Lipinski definition) is 2. The maximum Gasteiger partial charge on any atom is 0.199 e. The number of ether oxygens (including phenoxy) is 1. The van der Waals surface area contributed by atoms with E-state index in [4.69, 9.17) is 4.74 Å². The van der Waals surface area contributed by atoms with Gasteiger partial charge in [0.25, 0.3) is 0 Å². The Kier molecular flexibility index (Phi) is 6.52. The number of halogens is 4. The van der Waals surface area contributed by atoms with Crippen LogP contribution in [-0.4, -0.2) is 21.2 Å². The highest BCUT2D eigenvalue weighted by Gasteiger charge is 2.19. The minimum atomic E-state index is -0.910. The maximum absolute atomic E-state index is 14.9. The van der Waals surface area contributed by atoms with Gasteiger partial charge < -0.3 is 19.5 Å². The molecule has 5 rings (SSSR count). The van der Waals surface area contributed by atoms with Gasteiger partial charge >= 0.3 is 0 Å². The molecule has 0 bridgehead atoms. The molecule has 2 heterocycles. The van der Waals surface area contributed by atoms with Crippen LogP contribution in [0.5, 0.6) is 11.5 Å². The van der Waals surface area contributed by atoms with Gasteiger partial charge in [-0.2, -0.15) is 0 Å². The van der Waals surface area contributed by atoms with Gasteiger partial charge in [-0.05, 0) is 48.7 Å². The van der Waals surface area contributed by atoms with Crippen molar-refractivity contribution in [2.24, 2.45) is 0 Å². The number of aryl methyl sites for hydroxylation is 2. The summed E-state index contributed by atoms with van der Waals surface area (Å²) in [5.41, 5.74) is 2.25. The van der Waals surface area contributed by atoms with Crippen molar-refractivity contribution in [2.45, 2.75) is 26.2 Å². The Morgan fingerprint density at radius 3 is 2.59 bits per heavy atom. The van der Waals surface area contributed by atoms with Crippen LogP contribution in [0.4, 0.5) is 17.6 Å². The lowest BCUT2D eigenvalue weighted by molar-refractivity contribution is -0.107. The van der Waals surface area contributed by atoms with E-state index >= 15 is 0 Å². The van der Waals surface area contributed by atoms with Crippen LogP contribution in [0.1, 0.15) is 28.9 Å². The van der Waals surface area contributed by atoms with Gasteiger partial charge in [-0.15, -0.1) is 0 Å². The van der Waals surface area contributed by atoms with Gasteiger partial charge in [0.05, 0.1) is 16.8 Å². The second-order valence-electron chi connectivity index (χ2n) is 8.61. The third-order valence-electron chi connectivity index (χ3n) is 6.15. The molecule has 2 N–H and O–H groups in total. The Morgan fingerprint density at radius 2 is 1.78 bits per heavy atom. The summed E-state index contributed by atoms with van der Waals surface area (Å²) in [5, 5.41) is 0.160. The first kappa shape index (κ1) is 24.3. The molecule has 0 spiro atoms. The fourth-order valence-corrected chi connectivity index (χ4v) is 4.23. The minimum absolute atomic E-state index is 0.00797. The number of carbonyl (C=O) groups excluding carboxylic acids is 1. The number of aromatic amines is 2. The van der Waals surface area contributed by atoms with Crippen molar-refractivity contribution in [3.63, 3.8) is 0 Å². The molecule has 0 aliphatic rings. The van der Waals surface area contributed by atoms with Crippen LogP contribution in [0.3, 0.4) is 0 Å². The summed E-state index contributed by atoms with van der Waals surface area (Å²) in [5.74, 6) is -3.26. The van der Waals surface area contributed by atoms with Crippen LogP contribution in [0.15, 0.2) is 54.7 Å². The molecule has 0 amide bonds. The number of nitrogens with zero attached hydrogens (tertiary/aromatic N) is 1. The van der Waals surface area contributed by atoms with Crippen molar-refractivity contribution < 1.29 is 27.1 Å². The Balaban J connectivity index is 1.44. The van der Waals surface area contributed by atoms with E-state index in [-0.39, 0.29) is 40.9 Å². The largest absolute Gasteiger partial charge is 0.451 e. The number of rotatable bonds is 8. The van der Waals surface area contributed by atoms with Gasteiger partial charge in [-0.1, -0.05) is 18.2 Å². The molecule has 5 nitrogen and oxygen atoms in total. The van der Waals surface area contributed by atoms with E-state index in [2.05, 4.69) is 15.0 Å². The topological polar surface area (TPSA) is 70.8 Å². The molecule has 2 aromatic heterocycles. The van der Waals surface area contributed by atoms with Crippen molar-refractivity contribution in [1.29, 1.82) is 0 Å². The van der Waals surface area contributed by atoms with E-state index in [1.807, 2.05) is 0 Å². The lowest BCUT2D eigenvalue weighted by Gasteiger charge is -2.10. The molecule has 0 saturated heterocycles. The van der Waals surface area contributed by atoms with E-state index in [1.54, 1.807) is 25.1 Å². The highest BCUT2D eigenvalue weighted by Crippen LogP contribution is 2.35. The first-order chi connectivity index (χ1) is 17.9. The normalized spacial score (nSPS) is 11.3. The number of benzene rings is 3. The van der Waals surface area contributed by atoms with Gasteiger partial charge in [0.1, 0.15) is 29.5 Å². The Labute approximate surface area is 209 Å². The molecule has 188 valence electrons. The van der Waals surface area contributed by atoms with Crippen LogP contribution in [0.2, 0.25) is 0 Å². The average Bonchev–Trinajstić information content (AvgIpc) is 3.49. The molecule has 0 atom stereocenters. The number of fused-ring (bicyclic) bond motifs is 1. The number of aromatic nitrogens is 3. The summed E-state index contributed by atoms with van der Waals surface area (Å²) in [6.45, 7) is 1.73. The first-order valence-electron chi connectivity index (χ1n) is 11.5. The zero-order valence-electron chi connectivity index (χ0n) is 19.7. The zero-order valence-corrected chi connectivity index (χ0v) is 19.7. The van der Waals surface area contributed by atoms with Gasteiger partial charge in [0, 0.05) is 36.2 Å². The number of H-pyrrole nitrogens is 2. The number of aldehydes is 1. The molecule has 0 radical (unpaired) electrons. The predicted octanol–water partition coefficient (Wildman–Crippen LogP) is 6.94. The second-order valence-corrected chi connectivity index (χ2v) is 8.61. The molecule has 0 fully saturated rings. The van der Waals surface area contributed by atoms with Gasteiger partial charge in [0.2, 0.25) is 0 Å². The quantitative estimate of drug-likeness (QED) is 0.177. The summed E-state index contributed by atoms with van der Waals surface area (Å²) in [6, 6.07) is 11.2. The second kappa shape index (κ2) is 9.93. The van der Waals surface area contributed by atoms with E-state index in [0.717, 1.165) is 18.4 Å². The summed E-state index contributed by atoms with van der Waals surface area (Å²) < 4.78 is 64.5. The van der Waals surface area contributed by atoms with Crippen LogP contribution in [0, 0.1) is 30.2 Å². The van der Waals surface area contributed by atoms with Gasteiger partial charge in [-0.3, -0.25) is 0 Å². The first-order valence-corrected chi connectivity index (χ1v) is 11.5. The molecule has 3 aromatic carbocycles. The lowest BCUT2D eigenvalue weighted by atomic mass is 10.0. The molecular weight excluding hydrogens is 486 g/mol. The maximum atomic E-state index is 14.9. The van der Waals surface area contributed by atoms with Crippen molar-refractivity contribution in [3.8, 4) is 22.9 Å². The average molecular weight is 507 g/mol. The predicted molar refractivity (Wildman–Crippen MR) is 131 cm³/mol. The van der Waals surface area contributed by atoms with Crippen molar-refractivity contribution in [1.82, 2.24) is 15.0 Å². The van der Waals surface area contributed by atoms with E-state index in [9.17, 15) is 22.4 Å². The molecule has 0 aliphatic carbocycles. The monoisotopic (exact) mass is 507 g/mol. The third-order valence-corrected chi connectivity index (χ3v) is 6.15. The molecule has 5 aromatic rings. The van der Waals surface area contributed by atoms with E-state index in [1.165, 1.54) is 24.4 Å². The van der Waals surface area contributed by atoms with E-state index < -0.39 is 29.0 Å². The van der Waals surface area contributed by atoms with Crippen molar-refractivity contribution in [3.05, 3.63) is 101 Å². The SMILES string of the molecule is Cc1[nH]c(-c2cc(Oc3c(F)cc4[nH]ccc4c3F)ccc2F)nc1Cc1cccc(CCC=O)c1F. The van der Waals surface area contributed by atoms with Gasteiger partial charge in [-0.25, -0.2) is 22.5 Å². The summed E-state index contributed by atoms with van der Waals surface area (Å²) >= 11 is 0. The summed E-state index contributed by atoms with van der Waals surface area (Å²) in [7, 11) is 0. The molecule has 37 heavy (non-hydrogen) atoms. The van der Waals surface area contributed by atoms with Crippen molar-refractivity contribution in [2.75, 3.05) is 0 Å². The summed E-state index contributed by atoms with van der Waals surface area (Å²) in [4.78, 5) is 20.9. The van der Waals surface area contributed by atoms with Crippen molar-refractivity contribution >= 4 is 17.2 Å². The fraction of sp³-hybridized carbons (Fsp3) is 0.143.